The van der Waals surface area contributed by atoms with Crippen molar-refractivity contribution in [2.75, 3.05) is 18.0 Å². The maximum atomic E-state index is 12.1. The van der Waals surface area contributed by atoms with Gasteiger partial charge in [0.05, 0.1) is 11.1 Å². The van der Waals surface area contributed by atoms with Crippen LogP contribution in [0.5, 0.6) is 0 Å². The van der Waals surface area contributed by atoms with Gasteiger partial charge in [-0.25, -0.2) is 5.43 Å². The first-order chi connectivity index (χ1) is 12.5. The summed E-state index contributed by atoms with van der Waals surface area (Å²) < 4.78 is 0. The highest BCUT2D eigenvalue weighted by atomic mass is 16.6. The highest BCUT2D eigenvalue weighted by molar-refractivity contribution is 5.95. The van der Waals surface area contributed by atoms with Gasteiger partial charge in [0.1, 0.15) is 0 Å². The molecule has 0 aromatic heterocycles. The summed E-state index contributed by atoms with van der Waals surface area (Å²) in [4.78, 5) is 24.7. The summed E-state index contributed by atoms with van der Waals surface area (Å²) in [7, 11) is 0. The molecule has 0 saturated carbocycles. The zero-order chi connectivity index (χ0) is 19.1. The minimum Gasteiger partial charge on any atom is -0.372 e. The highest BCUT2D eigenvalue weighted by Gasteiger charge is 2.13. The van der Waals surface area contributed by atoms with E-state index in [-0.39, 0.29) is 5.69 Å². The maximum Gasteiger partial charge on any atom is 0.272 e. The number of hydrogen-bond acceptors (Lipinski definition) is 5. The van der Waals surface area contributed by atoms with Crippen molar-refractivity contribution in [3.8, 4) is 0 Å². The number of hydrogen-bond donors (Lipinski definition) is 1. The first kappa shape index (κ1) is 19.1. The molecule has 0 heterocycles. The normalized spacial score (nSPS) is 10.7. The van der Waals surface area contributed by atoms with Crippen LogP contribution in [0.3, 0.4) is 0 Å². The van der Waals surface area contributed by atoms with E-state index in [1.807, 2.05) is 24.3 Å². The van der Waals surface area contributed by atoms with E-state index in [0.717, 1.165) is 24.3 Å². The average molecular weight is 354 g/mol. The van der Waals surface area contributed by atoms with Crippen LogP contribution in [0.2, 0.25) is 0 Å². The number of nitrogens with zero attached hydrogens (tertiary/aromatic N) is 3. The molecule has 1 amide bonds. The number of anilines is 1. The molecule has 0 aliphatic heterocycles. The second-order valence-corrected chi connectivity index (χ2v) is 5.72. The first-order valence-electron chi connectivity index (χ1n) is 8.39. The van der Waals surface area contributed by atoms with Gasteiger partial charge < -0.3 is 4.90 Å². The van der Waals surface area contributed by atoms with Gasteiger partial charge in [-0.2, -0.15) is 5.10 Å². The SMILES string of the molecule is CCN(CC)c1ccc(/C=N/NC(=O)c2ccc([N+](=O)[O-])c(C)c2)cc1. The molecule has 2 aromatic carbocycles. The monoisotopic (exact) mass is 354 g/mol. The van der Waals surface area contributed by atoms with Gasteiger partial charge in [0, 0.05) is 36.0 Å². The van der Waals surface area contributed by atoms with Crippen molar-refractivity contribution in [3.63, 3.8) is 0 Å². The summed E-state index contributed by atoms with van der Waals surface area (Å²) in [5.41, 5.74) is 5.17. The number of rotatable bonds is 7. The number of nitrogens with one attached hydrogen (secondary N) is 1. The molecule has 0 atom stereocenters. The third kappa shape index (κ3) is 4.66. The fourth-order valence-corrected chi connectivity index (χ4v) is 2.59. The average Bonchev–Trinajstić information content (AvgIpc) is 2.63. The number of carbonyl (C=O) groups is 1. The van der Waals surface area contributed by atoms with E-state index < -0.39 is 10.8 Å². The second-order valence-electron chi connectivity index (χ2n) is 5.72. The molecular formula is C19H22N4O3. The summed E-state index contributed by atoms with van der Waals surface area (Å²) in [6, 6.07) is 12.1. The Morgan fingerprint density at radius 3 is 2.38 bits per heavy atom. The Morgan fingerprint density at radius 2 is 1.85 bits per heavy atom. The molecule has 2 rings (SSSR count). The Balaban J connectivity index is 2.00. The van der Waals surface area contributed by atoms with Crippen LogP contribution in [0.25, 0.3) is 0 Å². The largest absolute Gasteiger partial charge is 0.372 e. The molecule has 0 unspecified atom stereocenters. The fourth-order valence-electron chi connectivity index (χ4n) is 2.59. The van der Waals surface area contributed by atoms with Crippen LogP contribution in [-0.4, -0.2) is 30.1 Å². The van der Waals surface area contributed by atoms with Crippen molar-refractivity contribution >= 4 is 23.5 Å². The topological polar surface area (TPSA) is 87.8 Å². The van der Waals surface area contributed by atoms with Crippen molar-refractivity contribution < 1.29 is 9.72 Å². The molecule has 0 bridgehead atoms. The van der Waals surface area contributed by atoms with Crippen LogP contribution >= 0.6 is 0 Å². The minimum atomic E-state index is -0.475. The lowest BCUT2D eigenvalue weighted by Crippen LogP contribution is -2.21. The number of amides is 1. The van der Waals surface area contributed by atoms with Crippen molar-refractivity contribution in [2.24, 2.45) is 5.10 Å². The molecule has 0 aliphatic rings. The Morgan fingerprint density at radius 1 is 1.19 bits per heavy atom. The minimum absolute atomic E-state index is 0.0154. The third-order valence-corrected chi connectivity index (χ3v) is 4.06. The Labute approximate surface area is 152 Å². The number of benzene rings is 2. The van der Waals surface area contributed by atoms with Crippen LogP contribution in [-0.2, 0) is 0 Å². The Kier molecular flexibility index (Phi) is 6.43. The highest BCUT2D eigenvalue weighted by Crippen LogP contribution is 2.18. The number of nitro groups is 1. The van der Waals surface area contributed by atoms with Gasteiger partial charge in [-0.05, 0) is 50.6 Å². The zero-order valence-electron chi connectivity index (χ0n) is 15.1. The lowest BCUT2D eigenvalue weighted by atomic mass is 10.1. The quantitative estimate of drug-likeness (QED) is 0.468. The van der Waals surface area contributed by atoms with Gasteiger partial charge in [0.2, 0.25) is 0 Å². The van der Waals surface area contributed by atoms with Gasteiger partial charge in [-0.1, -0.05) is 12.1 Å². The number of nitro benzene ring substituents is 1. The summed E-state index contributed by atoms with van der Waals surface area (Å²) in [5.74, 6) is -0.418. The summed E-state index contributed by atoms with van der Waals surface area (Å²) in [6.45, 7) is 7.68. The van der Waals surface area contributed by atoms with E-state index in [2.05, 4.69) is 29.3 Å². The molecule has 7 nitrogen and oxygen atoms in total. The van der Waals surface area contributed by atoms with Crippen LogP contribution < -0.4 is 10.3 Å². The van der Waals surface area contributed by atoms with Crippen molar-refractivity contribution in [3.05, 3.63) is 69.3 Å². The van der Waals surface area contributed by atoms with Crippen LogP contribution in [0.15, 0.2) is 47.6 Å². The molecule has 0 aliphatic carbocycles. The van der Waals surface area contributed by atoms with E-state index in [1.165, 1.54) is 18.2 Å². The molecule has 136 valence electrons. The van der Waals surface area contributed by atoms with Crippen LogP contribution in [0, 0.1) is 17.0 Å². The summed E-state index contributed by atoms with van der Waals surface area (Å²) in [6.07, 6.45) is 1.56. The van der Waals surface area contributed by atoms with Gasteiger partial charge in [0.25, 0.3) is 11.6 Å². The molecule has 7 heteroatoms. The number of carbonyl (C=O) groups excluding carboxylic acids is 1. The molecule has 1 N–H and O–H groups in total. The summed E-state index contributed by atoms with van der Waals surface area (Å²) in [5, 5.41) is 14.8. The molecule has 26 heavy (non-hydrogen) atoms. The molecular weight excluding hydrogens is 332 g/mol. The van der Waals surface area contributed by atoms with Crippen LogP contribution in [0.4, 0.5) is 11.4 Å². The molecule has 2 aromatic rings. The lowest BCUT2D eigenvalue weighted by Gasteiger charge is -2.20. The van der Waals surface area contributed by atoms with E-state index in [9.17, 15) is 14.9 Å². The zero-order valence-corrected chi connectivity index (χ0v) is 15.1. The standard InChI is InChI=1S/C19H22N4O3/c1-4-22(5-2)17-9-6-15(7-10-17)13-20-21-19(24)16-8-11-18(23(25)26)14(3)12-16/h6-13H,4-5H2,1-3H3,(H,21,24)/b20-13+. The number of aryl methyl sites for hydroxylation is 1. The lowest BCUT2D eigenvalue weighted by molar-refractivity contribution is -0.385. The number of hydrazone groups is 1. The Hall–Kier alpha value is -3.22. The fraction of sp³-hybridized carbons (Fsp3) is 0.263. The Bertz CT molecular complexity index is 812. The second kappa shape index (κ2) is 8.75. The van der Waals surface area contributed by atoms with E-state index >= 15 is 0 Å². The molecule has 0 radical (unpaired) electrons. The van der Waals surface area contributed by atoms with Gasteiger partial charge >= 0.3 is 0 Å². The van der Waals surface area contributed by atoms with Gasteiger partial charge in [-0.3, -0.25) is 14.9 Å². The predicted molar refractivity (Wildman–Crippen MR) is 103 cm³/mol. The van der Waals surface area contributed by atoms with E-state index in [0.29, 0.717) is 11.1 Å². The molecule has 0 saturated heterocycles. The van der Waals surface area contributed by atoms with Gasteiger partial charge in [-0.15, -0.1) is 0 Å². The first-order valence-corrected chi connectivity index (χ1v) is 8.39. The van der Waals surface area contributed by atoms with Crippen molar-refractivity contribution in [1.82, 2.24) is 5.43 Å². The van der Waals surface area contributed by atoms with Crippen molar-refractivity contribution in [1.29, 1.82) is 0 Å². The molecule has 0 fully saturated rings. The predicted octanol–water partition coefficient (Wildman–Crippen LogP) is 3.51. The van der Waals surface area contributed by atoms with Crippen LogP contribution in [0.1, 0.15) is 35.3 Å². The maximum absolute atomic E-state index is 12.1. The summed E-state index contributed by atoms with van der Waals surface area (Å²) >= 11 is 0. The van der Waals surface area contributed by atoms with Gasteiger partial charge in [0.15, 0.2) is 0 Å². The van der Waals surface area contributed by atoms with E-state index in [1.54, 1.807) is 13.1 Å². The molecule has 0 spiro atoms. The smallest absolute Gasteiger partial charge is 0.272 e. The third-order valence-electron chi connectivity index (χ3n) is 4.06. The van der Waals surface area contributed by atoms with E-state index in [4.69, 9.17) is 0 Å². The van der Waals surface area contributed by atoms with Crippen molar-refractivity contribution in [2.45, 2.75) is 20.8 Å².